The molecule has 0 aliphatic rings. The van der Waals surface area contributed by atoms with Gasteiger partial charge in [-0.2, -0.15) is 0 Å². The van der Waals surface area contributed by atoms with Crippen LogP contribution in [0.5, 0.6) is 0 Å². The number of hydrogen-bond acceptors (Lipinski definition) is 4. The van der Waals surface area contributed by atoms with Gasteiger partial charge in [-0.1, -0.05) is 23.7 Å². The van der Waals surface area contributed by atoms with Gasteiger partial charge in [-0.05, 0) is 69.9 Å². The first-order chi connectivity index (χ1) is 13.8. The Balaban J connectivity index is 0.00000320. The molecule has 30 heavy (non-hydrogen) atoms. The third-order valence-corrected chi connectivity index (χ3v) is 6.12. The van der Waals surface area contributed by atoms with Crippen LogP contribution in [0.15, 0.2) is 42.5 Å². The lowest BCUT2D eigenvalue weighted by atomic mass is 10.2. The standard InChI is InChI=1S/C22H24ClN3O2S.ClH/c1-14-5-10-17-18(13-14)29-20(19(17)23)22(28)25-16-8-6-15(7-9-16)21(27)24-11-4-12-26(2)3;/h5-10,13H,4,11-12H2,1-3H3,(H,24,27)(H,25,28);1H. The Morgan fingerprint density at radius 2 is 1.77 bits per heavy atom. The van der Waals surface area contributed by atoms with Crippen LogP contribution in [0.2, 0.25) is 5.02 Å². The fourth-order valence-corrected chi connectivity index (χ4v) is 4.42. The lowest BCUT2D eigenvalue weighted by Crippen LogP contribution is -2.27. The van der Waals surface area contributed by atoms with Gasteiger partial charge in [0.05, 0.1) is 5.02 Å². The van der Waals surface area contributed by atoms with E-state index in [1.54, 1.807) is 24.3 Å². The zero-order valence-electron chi connectivity index (χ0n) is 17.1. The maximum Gasteiger partial charge on any atom is 0.267 e. The van der Waals surface area contributed by atoms with E-state index in [1.165, 1.54) is 11.3 Å². The van der Waals surface area contributed by atoms with Crippen LogP contribution in [0, 0.1) is 6.92 Å². The maximum atomic E-state index is 12.7. The van der Waals surface area contributed by atoms with E-state index in [9.17, 15) is 9.59 Å². The molecule has 0 atom stereocenters. The van der Waals surface area contributed by atoms with Crippen molar-refractivity contribution in [1.29, 1.82) is 0 Å². The molecule has 2 amide bonds. The van der Waals surface area contributed by atoms with E-state index >= 15 is 0 Å². The van der Waals surface area contributed by atoms with Gasteiger partial charge in [0, 0.05) is 27.9 Å². The van der Waals surface area contributed by atoms with Gasteiger partial charge in [-0.15, -0.1) is 23.7 Å². The van der Waals surface area contributed by atoms with Gasteiger partial charge in [-0.3, -0.25) is 9.59 Å². The molecular weight excluding hydrogens is 441 g/mol. The monoisotopic (exact) mass is 465 g/mol. The molecule has 1 heterocycles. The van der Waals surface area contributed by atoms with E-state index < -0.39 is 0 Å². The summed E-state index contributed by atoms with van der Waals surface area (Å²) in [5.74, 6) is -0.376. The number of thiophene rings is 1. The van der Waals surface area contributed by atoms with Crippen LogP contribution >= 0.6 is 35.3 Å². The topological polar surface area (TPSA) is 61.4 Å². The predicted octanol–water partition coefficient (Wildman–Crippen LogP) is 5.22. The van der Waals surface area contributed by atoms with Crippen molar-refractivity contribution < 1.29 is 9.59 Å². The molecule has 0 spiro atoms. The highest BCUT2D eigenvalue weighted by molar-refractivity contribution is 7.21. The number of anilines is 1. The Labute approximate surface area is 191 Å². The van der Waals surface area contributed by atoms with Crippen molar-refractivity contribution >= 4 is 62.9 Å². The summed E-state index contributed by atoms with van der Waals surface area (Å²) in [6.07, 6.45) is 0.891. The molecule has 3 rings (SSSR count). The molecule has 160 valence electrons. The highest BCUT2D eigenvalue weighted by Crippen LogP contribution is 2.36. The Bertz CT molecular complexity index is 1030. The number of nitrogens with one attached hydrogen (secondary N) is 2. The summed E-state index contributed by atoms with van der Waals surface area (Å²) in [5.41, 5.74) is 2.30. The van der Waals surface area contributed by atoms with Crippen LogP contribution in [-0.2, 0) is 0 Å². The lowest BCUT2D eigenvalue weighted by molar-refractivity contribution is 0.0951. The minimum absolute atomic E-state index is 0. The summed E-state index contributed by atoms with van der Waals surface area (Å²) in [7, 11) is 4.00. The fraction of sp³-hybridized carbons (Fsp3) is 0.273. The quantitative estimate of drug-likeness (QED) is 0.470. The number of amides is 2. The Hall–Kier alpha value is -2.12. The summed E-state index contributed by atoms with van der Waals surface area (Å²) in [6.45, 7) is 3.55. The summed E-state index contributed by atoms with van der Waals surface area (Å²) in [5, 5.41) is 7.11. The maximum absolute atomic E-state index is 12.7. The van der Waals surface area contributed by atoms with E-state index in [0.29, 0.717) is 27.7 Å². The first-order valence-electron chi connectivity index (χ1n) is 9.38. The molecule has 1 aromatic heterocycles. The number of carbonyl (C=O) groups excluding carboxylic acids is 2. The van der Waals surface area contributed by atoms with E-state index in [1.807, 2.05) is 39.2 Å². The van der Waals surface area contributed by atoms with Gasteiger partial charge in [0.15, 0.2) is 0 Å². The molecular formula is C22H25Cl2N3O2S. The summed E-state index contributed by atoms with van der Waals surface area (Å²) < 4.78 is 0.987. The summed E-state index contributed by atoms with van der Waals surface area (Å²) in [4.78, 5) is 27.4. The van der Waals surface area contributed by atoms with Gasteiger partial charge in [0.1, 0.15) is 4.88 Å². The van der Waals surface area contributed by atoms with E-state index in [0.717, 1.165) is 28.6 Å². The average Bonchev–Trinajstić information content (AvgIpc) is 3.01. The number of rotatable bonds is 7. The molecule has 0 saturated carbocycles. The normalized spacial score (nSPS) is 10.7. The second-order valence-corrected chi connectivity index (χ2v) is 8.62. The van der Waals surface area contributed by atoms with Crippen LogP contribution in [0.3, 0.4) is 0 Å². The fourth-order valence-electron chi connectivity index (χ4n) is 2.91. The van der Waals surface area contributed by atoms with Gasteiger partial charge in [-0.25, -0.2) is 0 Å². The second-order valence-electron chi connectivity index (χ2n) is 7.19. The van der Waals surface area contributed by atoms with Crippen molar-refractivity contribution in [3.63, 3.8) is 0 Å². The van der Waals surface area contributed by atoms with Gasteiger partial charge >= 0.3 is 0 Å². The van der Waals surface area contributed by atoms with Crippen LogP contribution in [0.4, 0.5) is 5.69 Å². The summed E-state index contributed by atoms with van der Waals surface area (Å²) in [6, 6.07) is 12.8. The Kier molecular flexibility index (Phi) is 8.67. The number of aryl methyl sites for hydroxylation is 1. The van der Waals surface area contributed by atoms with Gasteiger partial charge in [0.25, 0.3) is 11.8 Å². The highest BCUT2D eigenvalue weighted by Gasteiger charge is 2.17. The number of carbonyl (C=O) groups is 2. The number of fused-ring (bicyclic) bond motifs is 1. The first kappa shape index (κ1) is 24.2. The molecule has 0 saturated heterocycles. The average molecular weight is 466 g/mol. The number of halogens is 2. The molecule has 2 N–H and O–H groups in total. The van der Waals surface area contributed by atoms with Crippen LogP contribution in [-0.4, -0.2) is 43.9 Å². The molecule has 0 fully saturated rings. The Morgan fingerprint density at radius 3 is 2.43 bits per heavy atom. The number of benzene rings is 2. The molecule has 3 aromatic rings. The van der Waals surface area contributed by atoms with Gasteiger partial charge < -0.3 is 15.5 Å². The zero-order chi connectivity index (χ0) is 21.0. The largest absolute Gasteiger partial charge is 0.352 e. The van der Waals surface area contributed by atoms with Crippen LogP contribution < -0.4 is 10.6 Å². The van der Waals surface area contributed by atoms with Crippen LogP contribution in [0.25, 0.3) is 10.1 Å². The molecule has 0 radical (unpaired) electrons. The summed E-state index contributed by atoms with van der Waals surface area (Å²) >= 11 is 7.79. The van der Waals surface area contributed by atoms with Gasteiger partial charge in [0.2, 0.25) is 0 Å². The third-order valence-electron chi connectivity index (χ3n) is 4.46. The Morgan fingerprint density at radius 1 is 1.07 bits per heavy atom. The van der Waals surface area contributed by atoms with Crippen molar-refractivity contribution in [2.45, 2.75) is 13.3 Å². The van der Waals surface area contributed by atoms with E-state index in [2.05, 4.69) is 15.5 Å². The third kappa shape index (κ3) is 5.95. The molecule has 8 heteroatoms. The predicted molar refractivity (Wildman–Crippen MR) is 129 cm³/mol. The first-order valence-corrected chi connectivity index (χ1v) is 10.6. The number of hydrogen-bond donors (Lipinski definition) is 2. The van der Waals surface area contributed by atoms with Crippen molar-refractivity contribution in [2.75, 3.05) is 32.5 Å². The second kappa shape index (κ2) is 10.8. The molecule has 0 unspecified atom stereocenters. The van der Waals surface area contributed by atoms with E-state index in [-0.39, 0.29) is 24.2 Å². The molecule has 0 bridgehead atoms. The highest BCUT2D eigenvalue weighted by atomic mass is 35.5. The van der Waals surface area contributed by atoms with E-state index in [4.69, 9.17) is 11.6 Å². The minimum Gasteiger partial charge on any atom is -0.352 e. The minimum atomic E-state index is -0.255. The van der Waals surface area contributed by atoms with Crippen LogP contribution in [0.1, 0.15) is 32.0 Å². The zero-order valence-corrected chi connectivity index (χ0v) is 19.5. The molecule has 0 aliphatic carbocycles. The molecule has 2 aromatic carbocycles. The van der Waals surface area contributed by atoms with Crippen molar-refractivity contribution in [1.82, 2.24) is 10.2 Å². The SMILES string of the molecule is Cc1ccc2c(Cl)c(C(=O)Nc3ccc(C(=O)NCCCN(C)C)cc3)sc2c1.Cl. The van der Waals surface area contributed by atoms with Crippen molar-refractivity contribution in [3.05, 3.63) is 63.5 Å². The molecule has 5 nitrogen and oxygen atoms in total. The smallest absolute Gasteiger partial charge is 0.267 e. The number of nitrogens with zero attached hydrogens (tertiary/aromatic N) is 1. The lowest BCUT2D eigenvalue weighted by Gasteiger charge is -2.10. The van der Waals surface area contributed by atoms with Crippen molar-refractivity contribution in [3.8, 4) is 0 Å². The molecule has 0 aliphatic heterocycles. The van der Waals surface area contributed by atoms with Crippen molar-refractivity contribution in [2.24, 2.45) is 0 Å².